The van der Waals surface area contributed by atoms with Crippen LogP contribution in [0.2, 0.25) is 0 Å². The van der Waals surface area contributed by atoms with Crippen LogP contribution in [0.5, 0.6) is 11.5 Å². The monoisotopic (exact) mass is 1060 g/mol. The van der Waals surface area contributed by atoms with Crippen molar-refractivity contribution in [2.24, 2.45) is 0 Å². The molecule has 12 aromatic rings. The summed E-state index contributed by atoms with van der Waals surface area (Å²) in [5, 5.41) is 2.31. The van der Waals surface area contributed by atoms with E-state index in [-0.39, 0.29) is 16.2 Å². The number of para-hydroxylation sites is 2. The first-order valence-electron chi connectivity index (χ1n) is 28.7. The van der Waals surface area contributed by atoms with Gasteiger partial charge in [0.1, 0.15) is 24.0 Å². The average molecular weight is 1060 g/mol. The zero-order chi connectivity index (χ0) is 55.6. The lowest BCUT2D eigenvalue weighted by atomic mass is 9.65. The van der Waals surface area contributed by atoms with Crippen LogP contribution in [0.4, 0.5) is 39.8 Å². The van der Waals surface area contributed by atoms with E-state index in [0.717, 1.165) is 50.8 Å². The Kier molecular flexibility index (Phi) is 11.1. The second-order valence-electron chi connectivity index (χ2n) is 24.5. The first-order chi connectivity index (χ1) is 39.8. The molecule has 82 heavy (non-hydrogen) atoms. The number of rotatable bonds is 8. The number of fused-ring (bicyclic) bond motifs is 8. The lowest BCUT2D eigenvalue weighted by Gasteiger charge is -2.50. The lowest BCUT2D eigenvalue weighted by molar-refractivity contribution is 0.483. The molecule has 3 aliphatic rings. The van der Waals surface area contributed by atoms with Gasteiger partial charge in [-0.3, -0.25) is 4.57 Å². The number of benzene rings is 10. The van der Waals surface area contributed by atoms with Crippen molar-refractivity contribution in [3.8, 4) is 50.7 Å². The summed E-state index contributed by atoms with van der Waals surface area (Å²) in [4.78, 5) is 12.5. The molecule has 5 heterocycles. The second kappa shape index (κ2) is 18.4. The van der Waals surface area contributed by atoms with Crippen LogP contribution in [0.15, 0.2) is 243 Å². The molecule has 3 aliphatic heterocycles. The first-order valence-corrected chi connectivity index (χ1v) is 28.7. The Bertz CT molecular complexity index is 4390. The zero-order valence-corrected chi connectivity index (χ0v) is 47.4. The number of hydrogen-bond acceptors (Lipinski definition) is 5. The van der Waals surface area contributed by atoms with Crippen LogP contribution >= 0.6 is 0 Å². The van der Waals surface area contributed by atoms with Gasteiger partial charge in [-0.15, -0.1) is 0 Å². The summed E-state index contributed by atoms with van der Waals surface area (Å²) in [6.07, 6.45) is 1.94. The van der Waals surface area contributed by atoms with Crippen molar-refractivity contribution in [3.05, 3.63) is 271 Å². The topological polar surface area (TPSA) is 36.8 Å². The predicted octanol–water partition coefficient (Wildman–Crippen LogP) is 20.3. The van der Waals surface area contributed by atoms with E-state index >= 15 is 0 Å². The van der Waals surface area contributed by atoms with Crippen LogP contribution in [-0.4, -0.2) is 16.2 Å². The SMILES string of the molecule is CC(C)(C)c1ccnc(-n2c3ccc(-c4ccccc4)cc3c3ccc(Oc4cccc(N5CN(c6cc7c8c(c6)C(C)(C)c6cc(-c9ccccc9)ccc6N8c6ccc(-c8ccccc8)cc6C7(C)C)c6ccccc65)c4)cc32)c1. The molecule has 0 N–H and O–H groups in total. The van der Waals surface area contributed by atoms with Crippen LogP contribution in [0.1, 0.15) is 76.3 Å². The van der Waals surface area contributed by atoms with E-state index < -0.39 is 0 Å². The van der Waals surface area contributed by atoms with Crippen molar-refractivity contribution in [2.45, 2.75) is 64.7 Å². The van der Waals surface area contributed by atoms with E-state index in [4.69, 9.17) is 9.72 Å². The summed E-state index contributed by atoms with van der Waals surface area (Å²) >= 11 is 0. The van der Waals surface area contributed by atoms with Crippen molar-refractivity contribution < 1.29 is 4.74 Å². The number of ether oxygens (including phenoxy) is 1. The van der Waals surface area contributed by atoms with Gasteiger partial charge in [0.15, 0.2) is 0 Å². The lowest BCUT2D eigenvalue weighted by Crippen LogP contribution is -2.38. The highest BCUT2D eigenvalue weighted by Crippen LogP contribution is 2.62. The van der Waals surface area contributed by atoms with Gasteiger partial charge in [0.2, 0.25) is 0 Å². The van der Waals surface area contributed by atoms with Crippen LogP contribution in [0, 0.1) is 0 Å². The van der Waals surface area contributed by atoms with Crippen molar-refractivity contribution in [3.63, 3.8) is 0 Å². The smallest absolute Gasteiger partial charge is 0.137 e. The molecule has 0 fully saturated rings. The Balaban J connectivity index is 0.820. The second-order valence-corrected chi connectivity index (χ2v) is 24.5. The molecule has 0 aliphatic carbocycles. The predicted molar refractivity (Wildman–Crippen MR) is 341 cm³/mol. The standard InChI is InChI=1S/C76H63N5O/c1-74(2,3)55-38-39-77-72(43-55)80-66-35-30-52(49-20-11-8-12-21-49)40-61(66)60-34-33-59(47-71(60)80)82-58-27-19-26-56(44-58)78-48-79(70-29-18-17-28-69(70)78)57-45-64-73-65(46-57)76(6,7)63-42-54(51-24-15-10-16-25-51)32-37-68(63)81(73)67-36-31-53(41-62(67)75(64,4)5)50-22-13-9-14-23-50/h8-47H,48H2,1-7H3. The van der Waals surface area contributed by atoms with Crippen molar-refractivity contribution in [1.29, 1.82) is 0 Å². The van der Waals surface area contributed by atoms with Gasteiger partial charge in [-0.1, -0.05) is 176 Å². The molecule has 15 rings (SSSR count). The van der Waals surface area contributed by atoms with Crippen molar-refractivity contribution in [1.82, 2.24) is 9.55 Å². The van der Waals surface area contributed by atoms with Gasteiger partial charge < -0.3 is 19.4 Å². The molecule has 10 aromatic carbocycles. The maximum absolute atomic E-state index is 6.95. The molecule has 0 saturated heterocycles. The van der Waals surface area contributed by atoms with Crippen LogP contribution < -0.4 is 19.4 Å². The van der Waals surface area contributed by atoms with E-state index in [9.17, 15) is 0 Å². The van der Waals surface area contributed by atoms with Gasteiger partial charge in [0, 0.05) is 51.3 Å². The van der Waals surface area contributed by atoms with Gasteiger partial charge >= 0.3 is 0 Å². The third kappa shape index (κ3) is 7.87. The summed E-state index contributed by atoms with van der Waals surface area (Å²) in [6, 6.07) is 86.5. The Morgan fingerprint density at radius 1 is 0.402 bits per heavy atom. The van der Waals surface area contributed by atoms with E-state index in [1.165, 1.54) is 89.3 Å². The molecule has 0 amide bonds. The molecule has 0 radical (unpaired) electrons. The summed E-state index contributed by atoms with van der Waals surface area (Å²) < 4.78 is 9.25. The average Bonchev–Trinajstić information content (AvgIpc) is 2.02. The highest BCUT2D eigenvalue weighted by Gasteiger charge is 2.47. The van der Waals surface area contributed by atoms with E-state index in [0.29, 0.717) is 6.67 Å². The van der Waals surface area contributed by atoms with E-state index in [1.807, 2.05) is 6.20 Å². The number of pyridine rings is 1. The first kappa shape index (κ1) is 49.4. The molecule has 0 saturated carbocycles. The van der Waals surface area contributed by atoms with Gasteiger partial charge in [0.25, 0.3) is 0 Å². The minimum absolute atomic E-state index is 0.0450. The number of nitrogens with zero attached hydrogens (tertiary/aromatic N) is 5. The summed E-state index contributed by atoms with van der Waals surface area (Å²) in [6.45, 7) is 17.1. The van der Waals surface area contributed by atoms with Crippen LogP contribution in [0.3, 0.4) is 0 Å². The molecule has 0 spiro atoms. The molecular weight excluding hydrogens is 999 g/mol. The Morgan fingerprint density at radius 3 is 1.52 bits per heavy atom. The summed E-state index contributed by atoms with van der Waals surface area (Å²) in [5.41, 5.74) is 23.4. The molecular formula is C76H63N5O. The maximum atomic E-state index is 6.95. The van der Waals surface area contributed by atoms with E-state index in [2.05, 4.69) is 304 Å². The van der Waals surface area contributed by atoms with Crippen molar-refractivity contribution >= 4 is 61.6 Å². The van der Waals surface area contributed by atoms with Gasteiger partial charge in [-0.25, -0.2) is 4.98 Å². The fourth-order valence-corrected chi connectivity index (χ4v) is 13.3. The molecule has 0 atom stereocenters. The molecule has 0 bridgehead atoms. The molecule has 0 unspecified atom stereocenters. The molecule has 6 heteroatoms. The Hall–Kier alpha value is -9.65. The number of hydrogen-bond donors (Lipinski definition) is 0. The van der Waals surface area contributed by atoms with Gasteiger partial charge in [-0.05, 0) is 164 Å². The number of aromatic nitrogens is 2. The summed E-state index contributed by atoms with van der Waals surface area (Å²) in [7, 11) is 0. The number of anilines is 7. The van der Waals surface area contributed by atoms with Crippen LogP contribution in [0.25, 0.3) is 61.0 Å². The van der Waals surface area contributed by atoms with Gasteiger partial charge in [-0.2, -0.15) is 0 Å². The minimum atomic E-state index is -0.339. The van der Waals surface area contributed by atoms with Gasteiger partial charge in [0.05, 0.1) is 39.5 Å². The normalized spacial score (nSPS) is 14.6. The fourth-order valence-electron chi connectivity index (χ4n) is 13.3. The zero-order valence-electron chi connectivity index (χ0n) is 47.4. The quantitative estimate of drug-likeness (QED) is 0.152. The Morgan fingerprint density at radius 2 is 0.939 bits per heavy atom. The third-order valence-electron chi connectivity index (χ3n) is 17.8. The highest BCUT2D eigenvalue weighted by atomic mass is 16.5. The van der Waals surface area contributed by atoms with Crippen molar-refractivity contribution in [2.75, 3.05) is 21.4 Å². The van der Waals surface area contributed by atoms with Crippen LogP contribution in [-0.2, 0) is 16.2 Å². The maximum Gasteiger partial charge on any atom is 0.137 e. The van der Waals surface area contributed by atoms with E-state index in [1.54, 1.807) is 0 Å². The Labute approximate surface area is 480 Å². The fraction of sp³-hybridized carbons (Fsp3) is 0.145. The highest BCUT2D eigenvalue weighted by molar-refractivity contribution is 6.11. The summed E-state index contributed by atoms with van der Waals surface area (Å²) in [5.74, 6) is 2.40. The molecule has 398 valence electrons. The molecule has 6 nitrogen and oxygen atoms in total. The molecule has 2 aromatic heterocycles. The minimum Gasteiger partial charge on any atom is -0.457 e. The largest absolute Gasteiger partial charge is 0.457 e. The third-order valence-corrected chi connectivity index (χ3v) is 17.8.